The number of likely N-dealkylation sites (N-methyl/N-ethyl adjacent to an activating group) is 1. The monoisotopic (exact) mass is 504 g/mol. The fourth-order valence-electron chi connectivity index (χ4n) is 4.67. The fourth-order valence-corrected chi connectivity index (χ4v) is 4.67. The Balaban J connectivity index is 2.10. The number of aliphatic hydroxyl groups is 1. The average molecular weight is 505 g/mol. The lowest BCUT2D eigenvalue weighted by Crippen LogP contribution is -2.38. The van der Waals surface area contributed by atoms with Crippen LogP contribution in [0.4, 0.5) is 0 Å². The van der Waals surface area contributed by atoms with E-state index in [0.29, 0.717) is 31.0 Å². The molecule has 37 heavy (non-hydrogen) atoms. The first-order chi connectivity index (χ1) is 17.5. The van der Waals surface area contributed by atoms with Crippen molar-refractivity contribution < 1.29 is 19.4 Å². The number of carbonyl (C=O) groups excluding carboxylic acids is 2. The van der Waals surface area contributed by atoms with Crippen LogP contribution in [0.15, 0.2) is 60.7 Å². The minimum absolute atomic E-state index is 0.0317. The number of carbonyl (C=O) groups is 2. The number of benzene rings is 2. The first-order valence-electron chi connectivity index (χ1n) is 13.0. The molecule has 1 saturated heterocycles. The van der Waals surface area contributed by atoms with E-state index in [-0.39, 0.29) is 16.7 Å². The van der Waals surface area contributed by atoms with E-state index in [1.54, 1.807) is 29.2 Å². The van der Waals surface area contributed by atoms with Crippen molar-refractivity contribution in [1.29, 1.82) is 0 Å². The number of ketones is 1. The topological polar surface area (TPSA) is 70.1 Å². The molecular formula is C31H40N2O4. The number of nitrogens with zero attached hydrogens (tertiary/aromatic N) is 2. The van der Waals surface area contributed by atoms with Crippen LogP contribution in [0, 0.1) is 6.92 Å². The van der Waals surface area contributed by atoms with Gasteiger partial charge in [-0.1, -0.05) is 71.5 Å². The molecule has 1 fully saturated rings. The molecule has 6 heteroatoms. The molecule has 2 aromatic carbocycles. The van der Waals surface area contributed by atoms with Crippen LogP contribution in [0.25, 0.3) is 5.76 Å². The van der Waals surface area contributed by atoms with Crippen LogP contribution < -0.4 is 4.74 Å². The summed E-state index contributed by atoms with van der Waals surface area (Å²) in [5.74, 6) is -0.745. The summed E-state index contributed by atoms with van der Waals surface area (Å²) in [6, 6.07) is 12.6. The first-order valence-corrected chi connectivity index (χ1v) is 13.0. The lowest BCUT2D eigenvalue weighted by atomic mass is 9.85. The third-order valence-corrected chi connectivity index (χ3v) is 6.99. The van der Waals surface area contributed by atoms with Crippen LogP contribution in [0.1, 0.15) is 62.9 Å². The maximum Gasteiger partial charge on any atom is 0.295 e. The van der Waals surface area contributed by atoms with Gasteiger partial charge in [0.25, 0.3) is 11.7 Å². The quantitative estimate of drug-likeness (QED) is 0.197. The summed E-state index contributed by atoms with van der Waals surface area (Å²) in [6.07, 6.45) is 1.66. The Kier molecular flexibility index (Phi) is 8.98. The predicted octanol–water partition coefficient (Wildman–Crippen LogP) is 5.62. The van der Waals surface area contributed by atoms with E-state index in [1.807, 2.05) is 31.2 Å². The van der Waals surface area contributed by atoms with Gasteiger partial charge in [0, 0.05) is 18.7 Å². The van der Waals surface area contributed by atoms with Crippen molar-refractivity contribution in [2.24, 2.45) is 0 Å². The molecule has 0 aliphatic carbocycles. The van der Waals surface area contributed by atoms with Crippen molar-refractivity contribution in [2.45, 2.75) is 53.0 Å². The van der Waals surface area contributed by atoms with E-state index in [2.05, 4.69) is 46.1 Å². The third kappa shape index (κ3) is 6.13. The fraction of sp³-hybridized carbons (Fsp3) is 0.419. The maximum atomic E-state index is 13.4. The van der Waals surface area contributed by atoms with Crippen molar-refractivity contribution in [3.05, 3.63) is 82.9 Å². The van der Waals surface area contributed by atoms with Gasteiger partial charge < -0.3 is 19.6 Å². The summed E-state index contributed by atoms with van der Waals surface area (Å²) >= 11 is 0. The largest absolute Gasteiger partial charge is 0.507 e. The maximum absolute atomic E-state index is 13.4. The molecule has 1 heterocycles. The Labute approximate surface area is 221 Å². The highest BCUT2D eigenvalue weighted by Gasteiger charge is 2.46. The van der Waals surface area contributed by atoms with E-state index >= 15 is 0 Å². The van der Waals surface area contributed by atoms with E-state index in [9.17, 15) is 14.7 Å². The molecule has 6 nitrogen and oxygen atoms in total. The standard InChI is InChI=1S/C31H40N2O4/c1-8-19-37-25-16-13-23(20-21(25)4)28(34)26-27(22-11-14-24(15-12-22)31(5,6)7)33(30(36)29(26)35)18-17-32(9-2)10-3/h8,11-16,20,27,34H,1,9-10,17-19H2,2-7H3/t27-/m0/s1. The molecule has 1 amide bonds. The smallest absolute Gasteiger partial charge is 0.295 e. The SMILES string of the molecule is C=CCOc1ccc(C(O)=C2C(=O)C(=O)N(CCN(CC)CC)[C@H]2c2ccc(C(C)(C)C)cc2)cc1C. The van der Waals surface area contributed by atoms with Gasteiger partial charge >= 0.3 is 0 Å². The zero-order chi connectivity index (χ0) is 27.3. The van der Waals surface area contributed by atoms with Crippen molar-refractivity contribution in [3.63, 3.8) is 0 Å². The summed E-state index contributed by atoms with van der Waals surface area (Å²) in [5.41, 5.74) is 3.33. The number of hydrogen-bond donors (Lipinski definition) is 1. The van der Waals surface area contributed by atoms with Gasteiger partial charge in [0.15, 0.2) is 0 Å². The molecule has 0 bridgehead atoms. The van der Waals surface area contributed by atoms with Crippen molar-refractivity contribution in [3.8, 4) is 5.75 Å². The molecule has 0 spiro atoms. The minimum Gasteiger partial charge on any atom is -0.507 e. The Morgan fingerprint density at radius 3 is 2.30 bits per heavy atom. The lowest BCUT2D eigenvalue weighted by Gasteiger charge is -2.28. The third-order valence-electron chi connectivity index (χ3n) is 6.99. The number of amides is 1. The summed E-state index contributed by atoms with van der Waals surface area (Å²) in [5, 5.41) is 11.4. The second kappa shape index (κ2) is 11.8. The molecule has 1 aliphatic heterocycles. The molecule has 198 valence electrons. The van der Waals surface area contributed by atoms with Gasteiger partial charge in [-0.05, 0) is 60.3 Å². The number of aryl methyl sites for hydroxylation is 1. The predicted molar refractivity (Wildman–Crippen MR) is 149 cm³/mol. The second-order valence-corrected chi connectivity index (χ2v) is 10.5. The van der Waals surface area contributed by atoms with E-state index < -0.39 is 17.7 Å². The van der Waals surface area contributed by atoms with Gasteiger partial charge in [-0.25, -0.2) is 0 Å². The summed E-state index contributed by atoms with van der Waals surface area (Å²) in [7, 11) is 0. The van der Waals surface area contributed by atoms with E-state index in [1.165, 1.54) is 0 Å². The highest BCUT2D eigenvalue weighted by Crippen LogP contribution is 2.40. The number of aliphatic hydroxyl groups excluding tert-OH is 1. The lowest BCUT2D eigenvalue weighted by molar-refractivity contribution is -0.140. The zero-order valence-corrected chi connectivity index (χ0v) is 23.0. The van der Waals surface area contributed by atoms with E-state index in [4.69, 9.17) is 4.74 Å². The van der Waals surface area contributed by atoms with Gasteiger partial charge in [0.05, 0.1) is 11.6 Å². The normalized spacial score (nSPS) is 17.5. The van der Waals surface area contributed by atoms with Crippen LogP contribution in [0.5, 0.6) is 5.75 Å². The summed E-state index contributed by atoms with van der Waals surface area (Å²) in [4.78, 5) is 30.4. The van der Waals surface area contributed by atoms with Crippen LogP contribution in [-0.2, 0) is 15.0 Å². The number of likely N-dealkylation sites (tertiary alicyclic amines) is 1. The Morgan fingerprint density at radius 1 is 1.11 bits per heavy atom. The molecular weight excluding hydrogens is 464 g/mol. The molecule has 0 aromatic heterocycles. The average Bonchev–Trinajstić information content (AvgIpc) is 3.12. The van der Waals surface area contributed by atoms with Crippen LogP contribution in [-0.4, -0.2) is 59.4 Å². The second-order valence-electron chi connectivity index (χ2n) is 10.5. The summed E-state index contributed by atoms with van der Waals surface area (Å²) < 4.78 is 5.66. The Hall–Kier alpha value is -3.38. The molecule has 0 radical (unpaired) electrons. The molecule has 3 rings (SSSR count). The number of ether oxygens (including phenoxy) is 1. The molecule has 2 aromatic rings. The molecule has 0 saturated carbocycles. The van der Waals surface area contributed by atoms with Crippen LogP contribution in [0.3, 0.4) is 0 Å². The molecule has 0 unspecified atom stereocenters. The van der Waals surface area contributed by atoms with Crippen molar-refractivity contribution in [2.75, 3.05) is 32.8 Å². The number of rotatable bonds is 10. The zero-order valence-electron chi connectivity index (χ0n) is 23.0. The minimum atomic E-state index is -0.665. The van der Waals surface area contributed by atoms with Crippen molar-refractivity contribution >= 4 is 17.4 Å². The Bertz CT molecular complexity index is 1170. The molecule has 1 N–H and O–H groups in total. The molecule has 1 aliphatic rings. The van der Waals surface area contributed by atoms with Gasteiger partial charge in [-0.15, -0.1) is 0 Å². The van der Waals surface area contributed by atoms with Crippen LogP contribution >= 0.6 is 0 Å². The van der Waals surface area contributed by atoms with Gasteiger partial charge in [0.2, 0.25) is 0 Å². The van der Waals surface area contributed by atoms with Crippen LogP contribution in [0.2, 0.25) is 0 Å². The number of hydrogen-bond acceptors (Lipinski definition) is 5. The molecule has 1 atom stereocenters. The summed E-state index contributed by atoms with van der Waals surface area (Å²) in [6.45, 7) is 19.2. The van der Waals surface area contributed by atoms with Crippen molar-refractivity contribution in [1.82, 2.24) is 9.80 Å². The number of Topliss-reactive ketones (excluding diaryl/α,β-unsaturated/α-hetero) is 1. The van der Waals surface area contributed by atoms with Gasteiger partial charge in [-0.3, -0.25) is 9.59 Å². The van der Waals surface area contributed by atoms with Gasteiger partial charge in [-0.2, -0.15) is 0 Å². The Morgan fingerprint density at radius 2 is 1.76 bits per heavy atom. The highest BCUT2D eigenvalue weighted by atomic mass is 16.5. The first kappa shape index (κ1) is 28.2. The van der Waals surface area contributed by atoms with Gasteiger partial charge in [0.1, 0.15) is 18.1 Å². The van der Waals surface area contributed by atoms with E-state index in [0.717, 1.165) is 29.8 Å². The highest BCUT2D eigenvalue weighted by molar-refractivity contribution is 6.46.